The van der Waals surface area contributed by atoms with Gasteiger partial charge in [0, 0.05) is 9.76 Å². The van der Waals surface area contributed by atoms with Gasteiger partial charge in [-0.25, -0.2) is 0 Å². The molecule has 1 aliphatic rings. The Balaban J connectivity index is 0.000000291. The Morgan fingerprint density at radius 2 is 1.56 bits per heavy atom. The van der Waals surface area contributed by atoms with E-state index in [0.29, 0.717) is 9.20 Å². The van der Waals surface area contributed by atoms with Crippen LogP contribution in [-0.4, -0.2) is 56.1 Å². The van der Waals surface area contributed by atoms with Crippen LogP contribution in [0.25, 0.3) is 0 Å². The quantitative estimate of drug-likeness (QED) is 0.385. The average Bonchev–Trinajstić information content (AvgIpc) is 2.43. The molecule has 0 radical (unpaired) electrons. The maximum absolute atomic E-state index is 2.69. The van der Waals surface area contributed by atoms with Crippen LogP contribution in [0.5, 0.6) is 0 Å². The molecule has 5 heteroatoms. The molecule has 1 heterocycles. The monoisotopic (exact) mass is 193 g/mol. The van der Waals surface area contributed by atoms with Crippen molar-refractivity contribution in [1.82, 2.24) is 4.57 Å². The Hall–Kier alpha value is 0.828. The minimum Gasteiger partial charge on any atom is -0.332 e. The Labute approximate surface area is 69.3 Å². The van der Waals surface area contributed by atoms with Gasteiger partial charge in [0.15, 0.2) is 0 Å². The lowest BCUT2D eigenvalue weighted by atomic mass is 10.4. The van der Waals surface area contributed by atoms with Gasteiger partial charge in [0.1, 0.15) is 0 Å². The van der Waals surface area contributed by atoms with Gasteiger partial charge >= 0.3 is 0 Å². The predicted octanol–water partition coefficient (Wildman–Crippen LogP) is -3.92. The van der Waals surface area contributed by atoms with Crippen LogP contribution in [0.4, 0.5) is 0 Å². The predicted molar refractivity (Wildman–Crippen MR) is 59.2 cm³/mol. The van der Waals surface area contributed by atoms with Crippen molar-refractivity contribution in [1.29, 1.82) is 0 Å². The third kappa shape index (κ3) is 4.26. The molecule has 0 saturated carbocycles. The van der Waals surface area contributed by atoms with Gasteiger partial charge in [-0.1, -0.05) is 0 Å². The van der Waals surface area contributed by atoms with E-state index in [1.165, 1.54) is 55.2 Å². The maximum Gasteiger partial charge on any atom is 0.0756 e. The number of nitrogens with zero attached hydrogens (tertiary/aromatic N) is 1. The Bertz CT molecular complexity index is 54.5. The summed E-state index contributed by atoms with van der Waals surface area (Å²) < 4.78 is 2.69. The first-order valence-electron chi connectivity index (χ1n) is 4.16. The molecule has 0 spiro atoms. The Kier molecular flexibility index (Phi) is 7.58. The molecule has 9 heavy (non-hydrogen) atoms. The molecule has 0 aromatic rings. The highest BCUT2D eigenvalue weighted by atomic mass is 29.1. The summed E-state index contributed by atoms with van der Waals surface area (Å²) in [5.41, 5.74) is 0. The van der Waals surface area contributed by atoms with Gasteiger partial charge in [0.25, 0.3) is 0 Å². The zero-order valence-electron chi connectivity index (χ0n) is 6.98. The van der Waals surface area contributed by atoms with Crippen LogP contribution in [0.1, 0.15) is 12.8 Å². The van der Waals surface area contributed by atoms with E-state index in [1.54, 1.807) is 0 Å². The molecule has 1 nitrogen and oxygen atoms in total. The van der Waals surface area contributed by atoms with Gasteiger partial charge in [-0.05, 0) is 45.5 Å². The summed E-state index contributed by atoms with van der Waals surface area (Å²) in [5.74, 6) is 0. The van der Waals surface area contributed by atoms with E-state index in [4.69, 9.17) is 0 Å². The van der Waals surface area contributed by atoms with Crippen molar-refractivity contribution in [2.75, 3.05) is 13.1 Å². The topological polar surface area (TPSA) is 3.24 Å². The Morgan fingerprint density at radius 1 is 1.11 bits per heavy atom. The van der Waals surface area contributed by atoms with Crippen LogP contribution in [0.15, 0.2) is 0 Å². The van der Waals surface area contributed by atoms with Gasteiger partial charge in [-0.15, -0.1) is 0 Å². The fourth-order valence-electron chi connectivity index (χ4n) is 1.10. The van der Waals surface area contributed by atoms with Crippen LogP contribution in [0.2, 0.25) is 0 Å². The Morgan fingerprint density at radius 3 is 1.78 bits per heavy atom. The molecule has 0 bridgehead atoms. The van der Waals surface area contributed by atoms with Gasteiger partial charge in [0.05, 0.1) is 9.20 Å². The first-order valence-corrected chi connectivity index (χ1v) is 18.4. The molecule has 56 valence electrons. The fraction of sp³-hybridized carbons (Fsp3) is 1.00. The van der Waals surface area contributed by atoms with Crippen LogP contribution in [-0.2, 0) is 0 Å². The lowest BCUT2D eigenvalue weighted by Gasteiger charge is -2.08. The molecule has 0 amide bonds. The molecule has 0 unspecified atom stereocenters. The summed E-state index contributed by atoms with van der Waals surface area (Å²) in [7, 11) is 4.75. The highest BCUT2D eigenvalue weighted by molar-refractivity contribution is 6.87. The second-order valence-electron chi connectivity index (χ2n) is 2.14. The summed E-state index contributed by atoms with van der Waals surface area (Å²) >= 11 is 0. The van der Waals surface area contributed by atoms with Gasteiger partial charge in [0.2, 0.25) is 0 Å². The third-order valence-electron chi connectivity index (χ3n) is 1.65. The van der Waals surface area contributed by atoms with E-state index in [2.05, 4.69) is 4.57 Å². The van der Waals surface area contributed by atoms with Crippen LogP contribution in [0.3, 0.4) is 0 Å². The summed E-state index contributed by atoms with van der Waals surface area (Å²) in [4.78, 5) is 0. The molecule has 1 aliphatic heterocycles. The average molecular weight is 194 g/mol. The van der Waals surface area contributed by atoms with E-state index in [1.807, 2.05) is 0 Å². The largest absolute Gasteiger partial charge is 0.332 e. The second kappa shape index (κ2) is 6.94. The van der Waals surface area contributed by atoms with Crippen molar-refractivity contribution < 1.29 is 0 Å². The minimum atomic E-state index is 0.363. The van der Waals surface area contributed by atoms with E-state index < -0.39 is 0 Å². The molecular formula is C4H19NSi4. The molecule has 0 atom stereocenters. The van der Waals surface area contributed by atoms with E-state index in [0.717, 1.165) is 0 Å². The van der Waals surface area contributed by atoms with E-state index in [9.17, 15) is 0 Å². The van der Waals surface area contributed by atoms with Crippen molar-refractivity contribution in [3.63, 3.8) is 0 Å². The molecule has 0 N–H and O–H groups in total. The van der Waals surface area contributed by atoms with Gasteiger partial charge in [-0.2, -0.15) is 0 Å². The number of hydrogen-bond acceptors (Lipinski definition) is 1. The van der Waals surface area contributed by atoms with Gasteiger partial charge in [-0.3, -0.25) is 0 Å². The minimum absolute atomic E-state index is 0.363. The van der Waals surface area contributed by atoms with Crippen molar-refractivity contribution in [2.24, 2.45) is 0 Å². The lowest BCUT2D eigenvalue weighted by molar-refractivity contribution is 0.561. The molecule has 0 aromatic carbocycles. The van der Waals surface area contributed by atoms with Crippen LogP contribution < -0.4 is 0 Å². The molecule has 1 rings (SSSR count). The summed E-state index contributed by atoms with van der Waals surface area (Å²) in [5, 5.41) is 0. The highest BCUT2D eigenvalue weighted by Gasteiger charge is 2.06. The van der Waals surface area contributed by atoms with Gasteiger partial charge < -0.3 is 4.57 Å². The summed E-state index contributed by atoms with van der Waals surface area (Å²) in [6.45, 7) is 2.88. The van der Waals surface area contributed by atoms with Crippen LogP contribution >= 0.6 is 0 Å². The summed E-state index contributed by atoms with van der Waals surface area (Å²) in [6.07, 6.45) is 2.96. The highest BCUT2D eigenvalue weighted by Crippen LogP contribution is 2.03. The first kappa shape index (κ1) is 9.83. The second-order valence-corrected chi connectivity index (χ2v) is 5.57. The molecule has 0 aliphatic carbocycles. The zero-order valence-corrected chi connectivity index (χ0v) is 14.4. The standard InChI is InChI=1S/C4H13NSi2.H6Si2/c6-7-5-3-1-2-4-5;1-2/h1-4,7H2,6H3;1-2H3. The zero-order chi connectivity index (χ0) is 7.11. The van der Waals surface area contributed by atoms with Crippen molar-refractivity contribution in [2.45, 2.75) is 12.8 Å². The fourth-order valence-corrected chi connectivity index (χ4v) is 4.08. The summed E-state index contributed by atoms with van der Waals surface area (Å²) in [6, 6.07) is 0. The maximum atomic E-state index is 2.69. The molecule has 1 saturated heterocycles. The number of hydrogen-bond donors (Lipinski definition) is 0. The normalized spacial score (nSPS) is 21.3. The smallest absolute Gasteiger partial charge is 0.0756 e. The molecule has 1 fully saturated rings. The third-order valence-corrected chi connectivity index (χ3v) is 5.86. The lowest BCUT2D eigenvalue weighted by Crippen LogP contribution is -2.23. The van der Waals surface area contributed by atoms with E-state index >= 15 is 0 Å². The van der Waals surface area contributed by atoms with Crippen LogP contribution in [0, 0.1) is 0 Å². The van der Waals surface area contributed by atoms with Crippen molar-refractivity contribution >= 4 is 38.5 Å². The molecule has 0 aromatic heterocycles. The SMILES string of the molecule is [SiH3][SiH2]N1CCCC1.[SiH3][SiH3]. The van der Waals surface area contributed by atoms with E-state index in [-0.39, 0.29) is 0 Å². The number of rotatable bonds is 1. The van der Waals surface area contributed by atoms with Crippen molar-refractivity contribution in [3.8, 4) is 0 Å². The van der Waals surface area contributed by atoms with Crippen molar-refractivity contribution in [3.05, 3.63) is 0 Å². The first-order chi connectivity index (χ1) is 4.43. The molecular weight excluding hydrogens is 174 g/mol.